The van der Waals surface area contributed by atoms with Crippen molar-refractivity contribution < 1.29 is 31.2 Å². The van der Waals surface area contributed by atoms with Crippen LogP contribution in [0.25, 0.3) is 0 Å². The Balaban J connectivity index is 1.85. The van der Waals surface area contributed by atoms with Gasteiger partial charge >= 0.3 is 6.18 Å². The molecular weight excluding hydrogens is 731 g/mol. The molecule has 4 aromatic carbocycles. The molecule has 0 saturated heterocycles. The number of benzene rings is 4. The number of alkyl halides is 3. The molecule has 0 heterocycles. The summed E-state index contributed by atoms with van der Waals surface area (Å²) < 4.78 is 71.5. The molecule has 0 spiro atoms. The van der Waals surface area contributed by atoms with E-state index in [0.29, 0.717) is 28.9 Å². The molecule has 254 valence electrons. The Labute approximate surface area is 291 Å². The fourth-order valence-corrected chi connectivity index (χ4v) is 6.85. The Kier molecular flexibility index (Phi) is 12.3. The predicted octanol–water partition coefficient (Wildman–Crippen LogP) is 7.79. The maximum Gasteiger partial charge on any atom is 0.417 e. The summed E-state index contributed by atoms with van der Waals surface area (Å²) in [5.74, 6) is -1.25. The molecule has 2 amide bonds. The van der Waals surface area contributed by atoms with Gasteiger partial charge in [0.05, 0.1) is 21.2 Å². The van der Waals surface area contributed by atoms with Crippen LogP contribution in [0.3, 0.4) is 0 Å². The van der Waals surface area contributed by atoms with Crippen molar-refractivity contribution >= 4 is 55.1 Å². The number of anilines is 1. The standard InChI is InChI=1S/C35H34BrClF3N3O4S/c1-3-19-41-34(45)32(20-25-7-5-4-6-8-25)42(22-26-11-13-27(36)14-12-26)33(44)23-43(48(46,47)29-16-9-24(2)10-17-29)28-15-18-31(37)30(21-28)35(38,39)40/h4-18,21,32H,3,19-20,22-23H2,1-2H3,(H,41,45)/t32-/m1/s1. The van der Waals surface area contributed by atoms with Gasteiger partial charge in [-0.25, -0.2) is 8.42 Å². The van der Waals surface area contributed by atoms with Gasteiger partial charge in [0.1, 0.15) is 12.6 Å². The first-order valence-corrected chi connectivity index (χ1v) is 17.6. The van der Waals surface area contributed by atoms with Gasteiger partial charge in [-0.1, -0.05) is 94.6 Å². The predicted molar refractivity (Wildman–Crippen MR) is 184 cm³/mol. The second-order valence-electron chi connectivity index (χ2n) is 11.1. The number of hydrogen-bond donors (Lipinski definition) is 1. The molecule has 0 unspecified atom stereocenters. The minimum Gasteiger partial charge on any atom is -0.354 e. The van der Waals surface area contributed by atoms with Gasteiger partial charge in [-0.2, -0.15) is 13.2 Å². The molecule has 1 N–H and O–H groups in total. The highest BCUT2D eigenvalue weighted by molar-refractivity contribution is 9.10. The normalized spacial score (nSPS) is 12.3. The van der Waals surface area contributed by atoms with E-state index in [0.717, 1.165) is 27.7 Å². The quantitative estimate of drug-likeness (QED) is 0.151. The van der Waals surface area contributed by atoms with Crippen molar-refractivity contribution in [2.75, 3.05) is 17.4 Å². The van der Waals surface area contributed by atoms with E-state index in [2.05, 4.69) is 21.2 Å². The summed E-state index contributed by atoms with van der Waals surface area (Å²) in [5, 5.41) is 2.22. The third-order valence-electron chi connectivity index (χ3n) is 7.52. The SMILES string of the molecule is CCCNC(=O)[C@@H](Cc1ccccc1)N(Cc1ccc(Br)cc1)C(=O)CN(c1ccc(Cl)c(C(F)(F)F)c1)S(=O)(=O)c1ccc(C)cc1. The Bertz CT molecular complexity index is 1830. The largest absolute Gasteiger partial charge is 0.417 e. The van der Waals surface area contributed by atoms with Crippen LogP contribution in [0.2, 0.25) is 5.02 Å². The molecule has 13 heteroatoms. The minimum absolute atomic E-state index is 0.0873. The molecule has 0 radical (unpaired) electrons. The van der Waals surface area contributed by atoms with Crippen LogP contribution in [0.4, 0.5) is 18.9 Å². The van der Waals surface area contributed by atoms with E-state index in [4.69, 9.17) is 11.6 Å². The lowest BCUT2D eigenvalue weighted by Gasteiger charge is -2.34. The molecule has 0 aromatic heterocycles. The van der Waals surface area contributed by atoms with Gasteiger partial charge in [-0.15, -0.1) is 0 Å². The van der Waals surface area contributed by atoms with E-state index >= 15 is 0 Å². The molecule has 7 nitrogen and oxygen atoms in total. The summed E-state index contributed by atoms with van der Waals surface area (Å²) in [7, 11) is -4.60. The minimum atomic E-state index is -4.90. The van der Waals surface area contributed by atoms with Gasteiger partial charge in [-0.3, -0.25) is 13.9 Å². The number of nitrogens with one attached hydrogen (secondary N) is 1. The smallest absolute Gasteiger partial charge is 0.354 e. The Morgan fingerprint density at radius 1 is 0.917 bits per heavy atom. The summed E-state index contributed by atoms with van der Waals surface area (Å²) in [6.45, 7) is 2.98. The van der Waals surface area contributed by atoms with Crippen molar-refractivity contribution in [3.8, 4) is 0 Å². The van der Waals surface area contributed by atoms with Crippen LogP contribution in [0.15, 0.2) is 106 Å². The highest BCUT2D eigenvalue weighted by atomic mass is 79.9. The van der Waals surface area contributed by atoms with Gasteiger partial charge in [0, 0.05) is 24.0 Å². The Hall–Kier alpha value is -3.87. The Morgan fingerprint density at radius 2 is 1.56 bits per heavy atom. The number of nitrogens with zero attached hydrogens (tertiary/aromatic N) is 2. The van der Waals surface area contributed by atoms with Crippen LogP contribution in [0.1, 0.15) is 35.6 Å². The lowest BCUT2D eigenvalue weighted by atomic mass is 10.0. The first kappa shape index (κ1) is 37.0. The zero-order chi connectivity index (χ0) is 35.1. The summed E-state index contributed by atoms with van der Waals surface area (Å²) in [6.07, 6.45) is -4.17. The number of carbonyl (C=O) groups excluding carboxylic acids is 2. The van der Waals surface area contributed by atoms with E-state index in [1.54, 1.807) is 55.5 Å². The van der Waals surface area contributed by atoms with Gasteiger partial charge in [0.25, 0.3) is 10.0 Å². The molecule has 0 aliphatic rings. The topological polar surface area (TPSA) is 86.8 Å². The number of carbonyl (C=O) groups is 2. The molecule has 1 atom stereocenters. The van der Waals surface area contributed by atoms with Crippen molar-refractivity contribution in [1.82, 2.24) is 10.2 Å². The van der Waals surface area contributed by atoms with Gasteiger partial charge < -0.3 is 10.2 Å². The van der Waals surface area contributed by atoms with E-state index < -0.39 is 56.9 Å². The van der Waals surface area contributed by atoms with Crippen molar-refractivity contribution in [1.29, 1.82) is 0 Å². The van der Waals surface area contributed by atoms with Crippen molar-refractivity contribution in [2.45, 2.75) is 50.3 Å². The molecule has 0 aliphatic carbocycles. The fourth-order valence-electron chi connectivity index (χ4n) is 4.96. The first-order chi connectivity index (χ1) is 22.7. The summed E-state index contributed by atoms with van der Waals surface area (Å²) in [4.78, 5) is 29.2. The fraction of sp³-hybridized carbons (Fsp3) is 0.257. The van der Waals surface area contributed by atoms with Crippen molar-refractivity contribution in [3.63, 3.8) is 0 Å². The molecule has 0 bridgehead atoms. The molecule has 4 rings (SSSR count). The number of amides is 2. The number of rotatable bonds is 13. The second-order valence-corrected chi connectivity index (χ2v) is 14.3. The maximum atomic E-state index is 14.5. The average Bonchev–Trinajstić information content (AvgIpc) is 3.05. The summed E-state index contributed by atoms with van der Waals surface area (Å²) in [5.41, 5.74) is 0.473. The average molecular weight is 765 g/mol. The van der Waals surface area contributed by atoms with Crippen LogP contribution in [0, 0.1) is 6.92 Å². The number of hydrogen-bond acceptors (Lipinski definition) is 4. The van der Waals surface area contributed by atoms with Crippen LogP contribution in [-0.4, -0.2) is 44.3 Å². The van der Waals surface area contributed by atoms with E-state index in [1.165, 1.54) is 17.0 Å². The molecular formula is C35H34BrClF3N3O4S. The van der Waals surface area contributed by atoms with Gasteiger partial charge in [0.15, 0.2) is 0 Å². The van der Waals surface area contributed by atoms with Gasteiger partial charge in [0.2, 0.25) is 11.8 Å². The highest BCUT2D eigenvalue weighted by Crippen LogP contribution is 2.38. The third kappa shape index (κ3) is 9.39. The molecule has 48 heavy (non-hydrogen) atoms. The highest BCUT2D eigenvalue weighted by Gasteiger charge is 2.37. The van der Waals surface area contributed by atoms with Crippen LogP contribution in [-0.2, 0) is 38.8 Å². The third-order valence-corrected chi connectivity index (χ3v) is 10.2. The summed E-state index contributed by atoms with van der Waals surface area (Å²) >= 11 is 9.27. The maximum absolute atomic E-state index is 14.5. The Morgan fingerprint density at radius 3 is 2.17 bits per heavy atom. The molecule has 0 saturated carbocycles. The van der Waals surface area contributed by atoms with Crippen LogP contribution in [0.5, 0.6) is 0 Å². The monoisotopic (exact) mass is 763 g/mol. The molecule has 4 aromatic rings. The van der Waals surface area contributed by atoms with Crippen molar-refractivity contribution in [3.05, 3.63) is 129 Å². The van der Waals surface area contributed by atoms with Crippen LogP contribution < -0.4 is 9.62 Å². The summed E-state index contributed by atoms with van der Waals surface area (Å²) in [6, 6.07) is 23.4. The van der Waals surface area contributed by atoms with E-state index in [9.17, 15) is 31.2 Å². The molecule has 0 fully saturated rings. The zero-order valence-electron chi connectivity index (χ0n) is 26.2. The van der Waals surface area contributed by atoms with Gasteiger partial charge in [-0.05, 0) is 66.9 Å². The second kappa shape index (κ2) is 16.0. The number of sulfonamides is 1. The number of aryl methyl sites for hydroxylation is 1. The lowest BCUT2D eigenvalue weighted by Crippen LogP contribution is -2.53. The van der Waals surface area contributed by atoms with Crippen molar-refractivity contribution in [2.24, 2.45) is 0 Å². The van der Waals surface area contributed by atoms with E-state index in [1.807, 2.05) is 25.1 Å². The number of halogens is 5. The van der Waals surface area contributed by atoms with Crippen LogP contribution >= 0.6 is 27.5 Å². The van der Waals surface area contributed by atoms with E-state index in [-0.39, 0.29) is 17.9 Å². The zero-order valence-corrected chi connectivity index (χ0v) is 29.3. The molecule has 0 aliphatic heterocycles. The lowest BCUT2D eigenvalue weighted by molar-refractivity contribution is -0.140. The first-order valence-electron chi connectivity index (χ1n) is 15.0.